The summed E-state index contributed by atoms with van der Waals surface area (Å²) in [6, 6.07) is 9.01. The predicted octanol–water partition coefficient (Wildman–Crippen LogP) is 3.74. The van der Waals surface area contributed by atoms with Crippen molar-refractivity contribution in [2.45, 2.75) is 40.0 Å². The van der Waals surface area contributed by atoms with E-state index < -0.39 is 5.41 Å². The van der Waals surface area contributed by atoms with Crippen molar-refractivity contribution in [3.05, 3.63) is 30.3 Å². The number of carbonyl (C=O) groups is 1. The molecule has 94 valence electrons. The zero-order valence-corrected chi connectivity index (χ0v) is 10.7. The monoisotopic (exact) mass is 236 g/mol. The topological polar surface area (TPSA) is 35.5 Å². The summed E-state index contributed by atoms with van der Waals surface area (Å²) in [4.78, 5) is 21.6. The molecular formula is C14H20O3. The summed E-state index contributed by atoms with van der Waals surface area (Å²) in [7, 11) is 0. The van der Waals surface area contributed by atoms with Crippen LogP contribution in [0.3, 0.4) is 0 Å². The lowest BCUT2D eigenvalue weighted by Crippen LogP contribution is -2.27. The Labute approximate surface area is 103 Å². The molecule has 0 N–H and O–H groups in total. The summed E-state index contributed by atoms with van der Waals surface area (Å²) in [6.07, 6.45) is 2.88. The molecule has 0 aliphatic carbocycles. The van der Waals surface area contributed by atoms with Crippen LogP contribution in [0.15, 0.2) is 30.3 Å². The van der Waals surface area contributed by atoms with Crippen molar-refractivity contribution in [3.63, 3.8) is 0 Å². The van der Waals surface area contributed by atoms with Gasteiger partial charge in [0.1, 0.15) is 0 Å². The second-order valence-electron chi connectivity index (χ2n) is 4.75. The van der Waals surface area contributed by atoms with Gasteiger partial charge in [0.05, 0.1) is 5.41 Å². The van der Waals surface area contributed by atoms with E-state index in [9.17, 15) is 4.79 Å². The Hall–Kier alpha value is -1.51. The first-order chi connectivity index (χ1) is 8.06. The molecule has 0 saturated heterocycles. The summed E-state index contributed by atoms with van der Waals surface area (Å²) >= 11 is 0. The molecule has 0 aliphatic rings. The maximum absolute atomic E-state index is 11.8. The van der Waals surface area contributed by atoms with Gasteiger partial charge in [0.2, 0.25) is 0 Å². The van der Waals surface area contributed by atoms with Crippen LogP contribution in [-0.4, -0.2) is 5.97 Å². The molecule has 0 heterocycles. The molecule has 3 heteroatoms. The van der Waals surface area contributed by atoms with Crippen LogP contribution in [0.25, 0.3) is 0 Å². The average Bonchev–Trinajstić information content (AvgIpc) is 2.34. The molecule has 0 fully saturated rings. The van der Waals surface area contributed by atoms with Crippen molar-refractivity contribution in [2.24, 2.45) is 5.41 Å². The number of para-hydroxylation sites is 1. The molecule has 17 heavy (non-hydrogen) atoms. The van der Waals surface area contributed by atoms with Gasteiger partial charge in [-0.15, -0.1) is 0 Å². The number of carbonyl (C=O) groups excluding carboxylic acids is 1. The second kappa shape index (κ2) is 6.28. The van der Waals surface area contributed by atoms with E-state index >= 15 is 0 Å². The van der Waals surface area contributed by atoms with Gasteiger partial charge in [0.25, 0.3) is 0 Å². The Kier molecular flexibility index (Phi) is 5.01. The molecule has 0 bridgehead atoms. The van der Waals surface area contributed by atoms with Gasteiger partial charge < -0.3 is 0 Å². The molecule has 1 aromatic carbocycles. The van der Waals surface area contributed by atoms with Crippen molar-refractivity contribution in [1.82, 2.24) is 0 Å². The number of unbranched alkanes of at least 4 members (excludes halogenated alkanes) is 1. The van der Waals surface area contributed by atoms with Gasteiger partial charge in [0.15, 0.2) is 5.75 Å². The van der Waals surface area contributed by atoms with Crippen LogP contribution in [0.5, 0.6) is 5.75 Å². The van der Waals surface area contributed by atoms with Gasteiger partial charge in [-0.25, -0.2) is 9.68 Å². The lowest BCUT2D eigenvalue weighted by atomic mass is 9.87. The molecule has 1 aromatic rings. The van der Waals surface area contributed by atoms with Crippen LogP contribution < -0.4 is 4.89 Å². The van der Waals surface area contributed by atoms with Crippen LogP contribution in [0, 0.1) is 5.41 Å². The van der Waals surface area contributed by atoms with Gasteiger partial charge >= 0.3 is 5.97 Å². The van der Waals surface area contributed by atoms with E-state index in [-0.39, 0.29) is 5.97 Å². The first-order valence-electron chi connectivity index (χ1n) is 6.00. The predicted molar refractivity (Wildman–Crippen MR) is 66.5 cm³/mol. The smallest absolute Gasteiger partial charge is 0.287 e. The fourth-order valence-electron chi connectivity index (χ4n) is 1.40. The van der Waals surface area contributed by atoms with E-state index in [1.54, 1.807) is 12.1 Å². The van der Waals surface area contributed by atoms with Gasteiger partial charge in [-0.3, -0.25) is 4.89 Å². The van der Waals surface area contributed by atoms with Crippen molar-refractivity contribution >= 4 is 5.97 Å². The number of rotatable bonds is 6. The van der Waals surface area contributed by atoms with E-state index in [2.05, 4.69) is 6.92 Å². The lowest BCUT2D eigenvalue weighted by molar-refractivity contribution is -0.224. The lowest BCUT2D eigenvalue weighted by Gasteiger charge is -2.20. The van der Waals surface area contributed by atoms with Crippen molar-refractivity contribution in [2.75, 3.05) is 0 Å². The Balaban J connectivity index is 2.44. The van der Waals surface area contributed by atoms with Crippen molar-refractivity contribution in [3.8, 4) is 5.75 Å². The number of hydrogen-bond donors (Lipinski definition) is 0. The third-order valence-electron chi connectivity index (χ3n) is 2.66. The van der Waals surface area contributed by atoms with E-state index in [4.69, 9.17) is 9.78 Å². The largest absolute Gasteiger partial charge is 0.360 e. The number of benzene rings is 1. The molecule has 1 rings (SSSR count). The molecule has 0 unspecified atom stereocenters. The van der Waals surface area contributed by atoms with Gasteiger partial charge in [-0.2, -0.15) is 0 Å². The quantitative estimate of drug-likeness (QED) is 0.557. The highest BCUT2D eigenvalue weighted by Gasteiger charge is 2.30. The second-order valence-corrected chi connectivity index (χ2v) is 4.75. The first kappa shape index (κ1) is 13.6. The highest BCUT2D eigenvalue weighted by molar-refractivity contribution is 5.75. The molecule has 3 nitrogen and oxygen atoms in total. The van der Waals surface area contributed by atoms with Crippen LogP contribution >= 0.6 is 0 Å². The summed E-state index contributed by atoms with van der Waals surface area (Å²) in [5, 5.41) is 0. The summed E-state index contributed by atoms with van der Waals surface area (Å²) in [5.41, 5.74) is -0.495. The molecule has 0 aliphatic heterocycles. The SMILES string of the molecule is CCCCC(C)(C)C(=O)OOc1ccccc1. The Morgan fingerprint density at radius 2 is 1.88 bits per heavy atom. The fourth-order valence-corrected chi connectivity index (χ4v) is 1.40. The molecule has 0 amide bonds. The third-order valence-corrected chi connectivity index (χ3v) is 2.66. The van der Waals surface area contributed by atoms with Crippen molar-refractivity contribution in [1.29, 1.82) is 0 Å². The highest BCUT2D eigenvalue weighted by atomic mass is 17.2. The molecule has 0 saturated carbocycles. The van der Waals surface area contributed by atoms with E-state index in [1.165, 1.54) is 0 Å². The Bertz CT molecular complexity index is 344. The zero-order valence-electron chi connectivity index (χ0n) is 10.7. The third kappa shape index (κ3) is 4.47. The zero-order chi connectivity index (χ0) is 12.7. The van der Waals surface area contributed by atoms with Gasteiger partial charge in [-0.1, -0.05) is 38.0 Å². The van der Waals surface area contributed by atoms with Crippen molar-refractivity contribution < 1.29 is 14.6 Å². The van der Waals surface area contributed by atoms with E-state index in [1.807, 2.05) is 32.0 Å². The normalized spacial score (nSPS) is 11.0. The fraction of sp³-hybridized carbons (Fsp3) is 0.500. The summed E-state index contributed by atoms with van der Waals surface area (Å²) in [6.45, 7) is 5.85. The number of hydrogen-bond acceptors (Lipinski definition) is 3. The minimum Gasteiger partial charge on any atom is -0.287 e. The average molecular weight is 236 g/mol. The molecule has 0 radical (unpaired) electrons. The van der Waals surface area contributed by atoms with Gasteiger partial charge in [-0.05, 0) is 32.4 Å². The first-order valence-corrected chi connectivity index (χ1v) is 6.00. The maximum atomic E-state index is 11.8. The van der Waals surface area contributed by atoms with Crippen LogP contribution in [0.2, 0.25) is 0 Å². The van der Waals surface area contributed by atoms with Crippen LogP contribution in [-0.2, 0) is 9.68 Å². The summed E-state index contributed by atoms with van der Waals surface area (Å²) in [5.74, 6) is 0.210. The standard InChI is InChI=1S/C14H20O3/c1-4-5-11-14(2,3)13(15)17-16-12-9-7-6-8-10-12/h6-10H,4-5,11H2,1-3H3. The molecular weight excluding hydrogens is 216 g/mol. The van der Waals surface area contributed by atoms with E-state index in [0.29, 0.717) is 5.75 Å². The Morgan fingerprint density at radius 1 is 1.24 bits per heavy atom. The Morgan fingerprint density at radius 3 is 2.47 bits per heavy atom. The molecule has 0 aromatic heterocycles. The van der Waals surface area contributed by atoms with E-state index in [0.717, 1.165) is 19.3 Å². The van der Waals surface area contributed by atoms with Gasteiger partial charge in [0, 0.05) is 0 Å². The molecule has 0 atom stereocenters. The minimum atomic E-state index is -0.495. The van der Waals surface area contributed by atoms with Crippen LogP contribution in [0.1, 0.15) is 40.0 Å². The maximum Gasteiger partial charge on any atom is 0.360 e. The van der Waals surface area contributed by atoms with Crippen LogP contribution in [0.4, 0.5) is 0 Å². The summed E-state index contributed by atoms with van der Waals surface area (Å²) < 4.78 is 0. The minimum absolute atomic E-state index is 0.324. The molecule has 0 spiro atoms. The highest BCUT2D eigenvalue weighted by Crippen LogP contribution is 2.25.